The summed E-state index contributed by atoms with van der Waals surface area (Å²) in [5, 5.41) is 9.14. The van der Waals surface area contributed by atoms with Crippen LogP contribution in [0, 0.1) is 19.3 Å². The maximum Gasteiger partial charge on any atom is 0.158 e. The quantitative estimate of drug-likeness (QED) is 0.669. The van der Waals surface area contributed by atoms with Crippen molar-refractivity contribution in [3.8, 4) is 11.3 Å². The van der Waals surface area contributed by atoms with Crippen molar-refractivity contribution in [2.45, 2.75) is 27.7 Å². The van der Waals surface area contributed by atoms with Gasteiger partial charge in [-0.3, -0.25) is 0 Å². The zero-order chi connectivity index (χ0) is 19.8. The van der Waals surface area contributed by atoms with E-state index in [1.54, 1.807) is 0 Å². The monoisotopic (exact) mass is 385 g/mol. The second-order valence-corrected chi connectivity index (χ2v) is 8.67. The Morgan fingerprint density at radius 3 is 2.59 bits per heavy atom. The maximum atomic E-state index is 6.15. The van der Waals surface area contributed by atoms with E-state index in [1.807, 2.05) is 41.8 Å². The van der Waals surface area contributed by atoms with E-state index in [9.17, 15) is 0 Å². The summed E-state index contributed by atoms with van der Waals surface area (Å²) in [4.78, 5) is 6.93. The van der Waals surface area contributed by atoms with Crippen LogP contribution in [0.4, 0.5) is 5.82 Å². The highest BCUT2D eigenvalue weighted by molar-refractivity contribution is 6.30. The van der Waals surface area contributed by atoms with Crippen LogP contribution in [0.5, 0.6) is 0 Å². The van der Waals surface area contributed by atoms with E-state index in [-0.39, 0.29) is 5.41 Å². The fourth-order valence-corrected chi connectivity index (χ4v) is 3.62. The Bertz CT molecular complexity index is 959. The third-order valence-electron chi connectivity index (χ3n) is 4.68. The topological polar surface area (TPSA) is 45.5 Å². The molecule has 3 rings (SSSR count). The molecule has 0 spiro atoms. The first-order valence-electron chi connectivity index (χ1n) is 9.18. The highest BCUT2D eigenvalue weighted by atomic mass is 35.5. The van der Waals surface area contributed by atoms with E-state index < -0.39 is 0 Å². The highest BCUT2D eigenvalue weighted by Crippen LogP contribution is 2.27. The van der Waals surface area contributed by atoms with E-state index in [0.717, 1.165) is 47.1 Å². The average molecular weight is 386 g/mol. The highest BCUT2D eigenvalue weighted by Gasteiger charge is 2.21. The lowest BCUT2D eigenvalue weighted by molar-refractivity contribution is 0.254. The molecule has 0 amide bonds. The number of halogens is 1. The van der Waals surface area contributed by atoms with E-state index in [1.165, 1.54) is 0 Å². The second kappa shape index (κ2) is 7.49. The molecule has 0 aliphatic rings. The summed E-state index contributed by atoms with van der Waals surface area (Å²) in [6, 6.07) is 9.76. The number of benzene rings is 1. The number of anilines is 1. The predicted molar refractivity (Wildman–Crippen MR) is 114 cm³/mol. The van der Waals surface area contributed by atoms with E-state index >= 15 is 0 Å². The zero-order valence-corrected chi connectivity index (χ0v) is 17.7. The third kappa shape index (κ3) is 4.42. The minimum atomic E-state index is 0.127. The van der Waals surface area contributed by atoms with Crippen LogP contribution < -0.4 is 5.32 Å². The number of hydrogen-bond acceptors (Lipinski definition) is 4. The largest absolute Gasteiger partial charge is 0.369 e. The minimum Gasteiger partial charge on any atom is -0.369 e. The van der Waals surface area contributed by atoms with Gasteiger partial charge in [0.1, 0.15) is 5.82 Å². The molecule has 0 fully saturated rings. The standard InChI is InChI=1S/C21H28ClN5/c1-14-15(2)24-19-11-18(16-8-7-9-17(22)10-16)25-27(19)20(14)23-12-21(3,4)13-26(5)6/h7-11,23H,12-13H2,1-6H3. The minimum absolute atomic E-state index is 0.127. The van der Waals surface area contributed by atoms with Gasteiger partial charge in [0.15, 0.2) is 5.65 Å². The normalized spacial score (nSPS) is 12.1. The molecule has 0 unspecified atom stereocenters. The van der Waals surface area contributed by atoms with Gasteiger partial charge in [-0.2, -0.15) is 9.61 Å². The molecule has 0 radical (unpaired) electrons. The zero-order valence-electron chi connectivity index (χ0n) is 17.0. The van der Waals surface area contributed by atoms with Crippen molar-refractivity contribution in [1.29, 1.82) is 0 Å². The van der Waals surface area contributed by atoms with Crippen molar-refractivity contribution in [1.82, 2.24) is 19.5 Å². The van der Waals surface area contributed by atoms with Crippen LogP contribution in [-0.4, -0.2) is 46.7 Å². The lowest BCUT2D eigenvalue weighted by atomic mass is 9.93. The Hall–Kier alpha value is -2.11. The number of nitrogens with one attached hydrogen (secondary N) is 1. The molecule has 2 aromatic heterocycles. The van der Waals surface area contributed by atoms with Crippen LogP contribution in [-0.2, 0) is 0 Å². The number of hydrogen-bond donors (Lipinski definition) is 1. The number of aromatic nitrogens is 3. The number of nitrogens with zero attached hydrogens (tertiary/aromatic N) is 4. The van der Waals surface area contributed by atoms with Gasteiger partial charge in [0.2, 0.25) is 0 Å². The number of fused-ring (bicyclic) bond motifs is 1. The molecule has 27 heavy (non-hydrogen) atoms. The van der Waals surface area contributed by atoms with Gasteiger partial charge in [-0.1, -0.05) is 37.6 Å². The van der Waals surface area contributed by atoms with Crippen LogP contribution in [0.15, 0.2) is 30.3 Å². The molecule has 0 aliphatic carbocycles. The molecule has 6 heteroatoms. The lowest BCUT2D eigenvalue weighted by Crippen LogP contribution is -2.35. The van der Waals surface area contributed by atoms with Crippen molar-refractivity contribution in [2.24, 2.45) is 5.41 Å². The van der Waals surface area contributed by atoms with Gasteiger partial charge in [-0.15, -0.1) is 0 Å². The Labute approximate surface area is 166 Å². The van der Waals surface area contributed by atoms with Crippen LogP contribution in [0.2, 0.25) is 5.02 Å². The van der Waals surface area contributed by atoms with Gasteiger partial charge in [0.25, 0.3) is 0 Å². The summed E-state index contributed by atoms with van der Waals surface area (Å²) >= 11 is 6.15. The maximum absolute atomic E-state index is 6.15. The summed E-state index contributed by atoms with van der Waals surface area (Å²) in [6.07, 6.45) is 0. The van der Waals surface area contributed by atoms with Crippen molar-refractivity contribution in [2.75, 3.05) is 32.5 Å². The average Bonchev–Trinajstić information content (AvgIpc) is 2.97. The molecule has 5 nitrogen and oxygen atoms in total. The fraction of sp³-hybridized carbons (Fsp3) is 0.429. The lowest BCUT2D eigenvalue weighted by Gasteiger charge is -2.29. The summed E-state index contributed by atoms with van der Waals surface area (Å²) < 4.78 is 1.91. The predicted octanol–water partition coefficient (Wildman–Crippen LogP) is 4.67. The summed E-state index contributed by atoms with van der Waals surface area (Å²) in [7, 11) is 4.21. The Balaban J connectivity index is 2.00. The molecular weight excluding hydrogens is 358 g/mol. The van der Waals surface area contributed by atoms with E-state index in [0.29, 0.717) is 5.02 Å². The van der Waals surface area contributed by atoms with E-state index in [2.05, 4.69) is 45.1 Å². The van der Waals surface area contributed by atoms with Gasteiger partial charge in [-0.05, 0) is 45.5 Å². The molecule has 144 valence electrons. The Kier molecular flexibility index (Phi) is 5.45. The molecule has 0 saturated heterocycles. The van der Waals surface area contributed by atoms with Crippen LogP contribution in [0.1, 0.15) is 25.1 Å². The number of aryl methyl sites for hydroxylation is 1. The molecule has 2 heterocycles. The molecule has 0 bridgehead atoms. The molecule has 0 atom stereocenters. The van der Waals surface area contributed by atoms with Crippen molar-refractivity contribution >= 4 is 23.1 Å². The summed E-state index contributed by atoms with van der Waals surface area (Å²) in [6.45, 7) is 10.5. The SMILES string of the molecule is Cc1nc2cc(-c3cccc(Cl)c3)nn2c(NCC(C)(C)CN(C)C)c1C. The first-order valence-corrected chi connectivity index (χ1v) is 9.56. The van der Waals surface area contributed by atoms with Gasteiger partial charge in [0, 0.05) is 41.0 Å². The van der Waals surface area contributed by atoms with Crippen molar-refractivity contribution in [3.63, 3.8) is 0 Å². The second-order valence-electron chi connectivity index (χ2n) is 8.24. The molecular formula is C21H28ClN5. The molecule has 0 saturated carbocycles. The van der Waals surface area contributed by atoms with E-state index in [4.69, 9.17) is 21.7 Å². The van der Waals surface area contributed by atoms with Crippen LogP contribution in [0.25, 0.3) is 16.9 Å². The van der Waals surface area contributed by atoms with Gasteiger partial charge in [0.05, 0.1) is 5.69 Å². The van der Waals surface area contributed by atoms with Crippen LogP contribution in [0.3, 0.4) is 0 Å². The molecule has 1 N–H and O–H groups in total. The number of rotatable bonds is 6. The van der Waals surface area contributed by atoms with Gasteiger partial charge < -0.3 is 10.2 Å². The summed E-state index contributed by atoms with van der Waals surface area (Å²) in [5.41, 5.74) is 4.94. The van der Waals surface area contributed by atoms with Crippen molar-refractivity contribution < 1.29 is 0 Å². The molecule has 0 aliphatic heterocycles. The van der Waals surface area contributed by atoms with Gasteiger partial charge >= 0.3 is 0 Å². The Morgan fingerprint density at radius 1 is 1.19 bits per heavy atom. The first kappa shape index (κ1) is 19.6. The third-order valence-corrected chi connectivity index (χ3v) is 4.92. The van der Waals surface area contributed by atoms with Gasteiger partial charge in [-0.25, -0.2) is 4.98 Å². The molecule has 3 aromatic rings. The first-order chi connectivity index (χ1) is 12.7. The Morgan fingerprint density at radius 2 is 1.93 bits per heavy atom. The van der Waals surface area contributed by atoms with Crippen molar-refractivity contribution in [3.05, 3.63) is 46.6 Å². The van der Waals surface area contributed by atoms with Crippen LogP contribution >= 0.6 is 11.6 Å². The molecule has 1 aromatic carbocycles. The fourth-order valence-electron chi connectivity index (χ4n) is 3.43. The smallest absolute Gasteiger partial charge is 0.158 e. The summed E-state index contributed by atoms with van der Waals surface area (Å²) in [5.74, 6) is 0.998.